The Balaban J connectivity index is 2.58. The lowest BCUT2D eigenvalue weighted by Crippen LogP contribution is -2.26. The Labute approximate surface area is 108 Å². The van der Waals surface area contributed by atoms with Crippen molar-refractivity contribution in [1.82, 2.24) is 4.98 Å². The van der Waals surface area contributed by atoms with Crippen molar-refractivity contribution in [2.45, 2.75) is 39.7 Å². The van der Waals surface area contributed by atoms with Crippen LogP contribution in [0.3, 0.4) is 0 Å². The molecule has 0 aliphatic carbocycles. The molecule has 0 spiro atoms. The number of rotatable bonds is 3. The fraction of sp³-hybridized carbons (Fsp3) is 0.400. The zero-order valence-electron chi connectivity index (χ0n) is 11.4. The maximum atomic E-state index is 6.09. The highest BCUT2D eigenvalue weighted by atomic mass is 16.5. The van der Waals surface area contributed by atoms with Crippen LogP contribution in [-0.2, 0) is 0 Å². The van der Waals surface area contributed by atoms with Gasteiger partial charge in [-0.1, -0.05) is 6.92 Å². The van der Waals surface area contributed by atoms with E-state index >= 15 is 0 Å². The largest absolute Gasteiger partial charge is 0.487 e. The van der Waals surface area contributed by atoms with Crippen molar-refractivity contribution in [1.29, 1.82) is 0 Å². The quantitative estimate of drug-likeness (QED) is 0.838. The van der Waals surface area contributed by atoms with E-state index in [-0.39, 0.29) is 5.60 Å². The first-order valence-corrected chi connectivity index (χ1v) is 6.27. The zero-order valence-corrected chi connectivity index (χ0v) is 11.4. The summed E-state index contributed by atoms with van der Waals surface area (Å²) in [6.07, 6.45) is 2.76. The molecule has 0 aliphatic heterocycles. The van der Waals surface area contributed by atoms with Gasteiger partial charge in [0, 0.05) is 28.4 Å². The van der Waals surface area contributed by atoms with Crippen LogP contribution in [0, 0.1) is 6.92 Å². The van der Waals surface area contributed by atoms with E-state index in [1.54, 1.807) is 0 Å². The number of nitrogen functional groups attached to an aromatic ring is 1. The van der Waals surface area contributed by atoms with Gasteiger partial charge < -0.3 is 10.5 Å². The van der Waals surface area contributed by atoms with Gasteiger partial charge in [-0.3, -0.25) is 4.98 Å². The predicted octanol–water partition coefficient (Wildman–Crippen LogP) is 3.69. The van der Waals surface area contributed by atoms with Gasteiger partial charge in [-0.2, -0.15) is 0 Å². The van der Waals surface area contributed by atoms with Crippen LogP contribution in [0.2, 0.25) is 0 Å². The Kier molecular flexibility index (Phi) is 3.16. The summed E-state index contributed by atoms with van der Waals surface area (Å²) in [5, 5.41) is 1.98. The van der Waals surface area contributed by atoms with Crippen LogP contribution in [0.4, 0.5) is 5.69 Å². The van der Waals surface area contributed by atoms with E-state index in [1.165, 1.54) is 0 Å². The molecule has 3 heteroatoms. The maximum absolute atomic E-state index is 6.09. The second-order valence-electron chi connectivity index (χ2n) is 5.24. The van der Waals surface area contributed by atoms with Gasteiger partial charge in [0.25, 0.3) is 0 Å². The van der Waals surface area contributed by atoms with Crippen LogP contribution in [0.1, 0.15) is 32.9 Å². The van der Waals surface area contributed by atoms with E-state index in [2.05, 4.69) is 25.8 Å². The Morgan fingerprint density at radius 3 is 2.67 bits per heavy atom. The van der Waals surface area contributed by atoms with Crippen LogP contribution in [-0.4, -0.2) is 10.6 Å². The van der Waals surface area contributed by atoms with E-state index in [1.807, 2.05) is 31.3 Å². The summed E-state index contributed by atoms with van der Waals surface area (Å²) in [4.78, 5) is 4.29. The van der Waals surface area contributed by atoms with Crippen molar-refractivity contribution >= 4 is 16.5 Å². The van der Waals surface area contributed by atoms with Crippen molar-refractivity contribution in [3.05, 3.63) is 30.1 Å². The summed E-state index contributed by atoms with van der Waals surface area (Å²) >= 11 is 0. The summed E-state index contributed by atoms with van der Waals surface area (Å²) in [5.74, 6) is 0.872. The number of aromatic nitrogens is 1. The normalized spacial score (nSPS) is 11.8. The smallest absolute Gasteiger partial charge is 0.128 e. The Morgan fingerprint density at radius 2 is 2.00 bits per heavy atom. The lowest BCUT2D eigenvalue weighted by Gasteiger charge is -2.26. The first kappa shape index (κ1) is 12.7. The molecule has 0 saturated carbocycles. The zero-order chi connectivity index (χ0) is 13.3. The molecule has 18 heavy (non-hydrogen) atoms. The molecule has 0 bridgehead atoms. The average Bonchev–Trinajstić information content (AvgIpc) is 2.33. The lowest BCUT2D eigenvalue weighted by molar-refractivity contribution is 0.107. The third-order valence-electron chi connectivity index (χ3n) is 3.27. The minimum atomic E-state index is -0.180. The summed E-state index contributed by atoms with van der Waals surface area (Å²) in [6.45, 7) is 8.26. The number of hydrogen-bond acceptors (Lipinski definition) is 3. The van der Waals surface area contributed by atoms with E-state index in [0.29, 0.717) is 0 Å². The lowest BCUT2D eigenvalue weighted by atomic mass is 10.1. The molecule has 0 aliphatic rings. The molecule has 1 aromatic heterocycles. The van der Waals surface area contributed by atoms with Crippen molar-refractivity contribution in [3.8, 4) is 5.75 Å². The summed E-state index contributed by atoms with van der Waals surface area (Å²) in [6, 6.07) is 5.84. The van der Waals surface area contributed by atoms with Gasteiger partial charge in [0.15, 0.2) is 0 Å². The molecule has 0 atom stereocenters. The first-order valence-electron chi connectivity index (χ1n) is 6.27. The topological polar surface area (TPSA) is 48.1 Å². The number of anilines is 1. The van der Waals surface area contributed by atoms with Gasteiger partial charge in [-0.05, 0) is 45.4 Å². The molecule has 3 nitrogen and oxygen atoms in total. The van der Waals surface area contributed by atoms with Crippen molar-refractivity contribution < 1.29 is 4.74 Å². The fourth-order valence-electron chi connectivity index (χ4n) is 1.80. The van der Waals surface area contributed by atoms with Gasteiger partial charge in [0.05, 0.1) is 0 Å². The minimum Gasteiger partial charge on any atom is -0.487 e. The van der Waals surface area contributed by atoms with Crippen LogP contribution in [0.25, 0.3) is 10.8 Å². The Hall–Kier alpha value is -1.77. The third-order valence-corrected chi connectivity index (χ3v) is 3.27. The monoisotopic (exact) mass is 244 g/mol. The number of pyridine rings is 1. The number of ether oxygens (including phenoxy) is 1. The third kappa shape index (κ3) is 2.40. The van der Waals surface area contributed by atoms with Crippen LogP contribution in [0.5, 0.6) is 5.75 Å². The van der Waals surface area contributed by atoms with Crippen LogP contribution < -0.4 is 10.5 Å². The average molecular weight is 244 g/mol. The highest BCUT2D eigenvalue weighted by Crippen LogP contribution is 2.32. The predicted molar refractivity (Wildman–Crippen MR) is 75.9 cm³/mol. The molecular weight excluding hydrogens is 224 g/mol. The highest BCUT2D eigenvalue weighted by Gasteiger charge is 2.18. The molecule has 2 N–H and O–H groups in total. The Bertz CT molecular complexity index is 576. The second-order valence-corrected chi connectivity index (χ2v) is 5.24. The molecule has 1 heterocycles. The maximum Gasteiger partial charge on any atom is 0.128 e. The molecule has 0 amide bonds. The highest BCUT2D eigenvalue weighted by molar-refractivity contribution is 5.96. The van der Waals surface area contributed by atoms with Crippen LogP contribution in [0.15, 0.2) is 24.4 Å². The van der Waals surface area contributed by atoms with Gasteiger partial charge >= 0.3 is 0 Å². The van der Waals surface area contributed by atoms with E-state index in [0.717, 1.165) is 34.3 Å². The number of fused-ring (bicyclic) bond motifs is 1. The molecule has 0 fully saturated rings. The Morgan fingerprint density at radius 1 is 1.28 bits per heavy atom. The molecule has 96 valence electrons. The number of benzene rings is 1. The summed E-state index contributed by atoms with van der Waals surface area (Å²) in [5.41, 5.74) is 7.50. The van der Waals surface area contributed by atoms with Gasteiger partial charge in [-0.15, -0.1) is 0 Å². The fourth-order valence-corrected chi connectivity index (χ4v) is 1.80. The van der Waals surface area contributed by atoms with E-state index in [9.17, 15) is 0 Å². The molecule has 2 aromatic rings. The van der Waals surface area contributed by atoms with E-state index in [4.69, 9.17) is 10.5 Å². The number of aryl methyl sites for hydroxylation is 1. The van der Waals surface area contributed by atoms with Gasteiger partial charge in [0.2, 0.25) is 0 Å². The van der Waals surface area contributed by atoms with Crippen molar-refractivity contribution in [3.63, 3.8) is 0 Å². The molecule has 0 unspecified atom stereocenters. The molecule has 1 aromatic carbocycles. The molecule has 0 radical (unpaired) electrons. The number of nitrogens with two attached hydrogens (primary N) is 1. The second kappa shape index (κ2) is 4.48. The van der Waals surface area contributed by atoms with Gasteiger partial charge in [-0.25, -0.2) is 0 Å². The van der Waals surface area contributed by atoms with Crippen molar-refractivity contribution in [2.24, 2.45) is 0 Å². The molecule has 0 saturated heterocycles. The number of nitrogens with zero attached hydrogens (tertiary/aromatic N) is 1. The molecular formula is C15H20N2O. The first-order chi connectivity index (χ1) is 8.43. The summed E-state index contributed by atoms with van der Waals surface area (Å²) in [7, 11) is 0. The van der Waals surface area contributed by atoms with E-state index < -0.39 is 0 Å². The molecule has 2 rings (SSSR count). The standard InChI is InChI=1S/C15H20N2O/c1-5-15(3,4)18-14-7-6-13(16)12-9-17-10(2)8-11(12)14/h6-9H,5,16H2,1-4H3. The summed E-state index contributed by atoms with van der Waals surface area (Å²) < 4.78 is 6.09. The van der Waals surface area contributed by atoms with Crippen molar-refractivity contribution in [2.75, 3.05) is 5.73 Å². The van der Waals surface area contributed by atoms with Crippen LogP contribution >= 0.6 is 0 Å². The SMILES string of the molecule is CCC(C)(C)Oc1ccc(N)c2cnc(C)cc12. The number of hydrogen-bond donors (Lipinski definition) is 1. The minimum absolute atomic E-state index is 0.180. The van der Waals surface area contributed by atoms with Gasteiger partial charge in [0.1, 0.15) is 11.4 Å².